The van der Waals surface area contributed by atoms with Gasteiger partial charge in [-0.2, -0.15) is 13.2 Å². The molecule has 2 aromatic heterocycles. The van der Waals surface area contributed by atoms with Gasteiger partial charge < -0.3 is 14.5 Å². The molecule has 7 nitrogen and oxygen atoms in total. The fourth-order valence-corrected chi connectivity index (χ4v) is 4.39. The molecule has 0 bridgehead atoms. The van der Waals surface area contributed by atoms with Gasteiger partial charge in [0.1, 0.15) is 11.9 Å². The maximum atomic E-state index is 13.8. The number of hydrogen-bond donors (Lipinski definition) is 1. The van der Waals surface area contributed by atoms with Gasteiger partial charge in [-0.05, 0) is 45.4 Å². The molecule has 1 fully saturated rings. The minimum Gasteiger partial charge on any atom is -0.470 e. The predicted octanol–water partition coefficient (Wildman–Crippen LogP) is 4.39. The molecule has 1 unspecified atom stereocenters. The molecule has 3 heterocycles. The van der Waals surface area contributed by atoms with E-state index >= 15 is 0 Å². The van der Waals surface area contributed by atoms with Gasteiger partial charge in [0.05, 0.1) is 28.7 Å². The summed E-state index contributed by atoms with van der Waals surface area (Å²) < 4.78 is 52.9. The topological polar surface area (TPSA) is 80.3 Å². The van der Waals surface area contributed by atoms with Crippen molar-refractivity contribution in [3.8, 4) is 5.88 Å². The Morgan fingerprint density at radius 3 is 2.56 bits per heavy atom. The molecule has 1 aromatic carbocycles. The summed E-state index contributed by atoms with van der Waals surface area (Å²) >= 11 is 0. The van der Waals surface area contributed by atoms with Crippen LogP contribution in [-0.4, -0.2) is 45.1 Å². The van der Waals surface area contributed by atoms with Crippen LogP contribution in [0.3, 0.4) is 0 Å². The number of aryl methyl sites for hydroxylation is 1. The smallest absolute Gasteiger partial charge is 0.416 e. The number of hydrogen-bond acceptors (Lipinski definition) is 6. The van der Waals surface area contributed by atoms with Gasteiger partial charge in [-0.25, -0.2) is 9.97 Å². The van der Waals surface area contributed by atoms with Gasteiger partial charge in [0.2, 0.25) is 5.88 Å². The predicted molar refractivity (Wildman–Crippen MR) is 121 cm³/mol. The first-order valence-corrected chi connectivity index (χ1v) is 11.1. The lowest BCUT2D eigenvalue weighted by atomic mass is 10.00. The summed E-state index contributed by atoms with van der Waals surface area (Å²) in [6, 6.07) is 5.59. The van der Waals surface area contributed by atoms with E-state index in [9.17, 15) is 18.0 Å². The first-order chi connectivity index (χ1) is 16.0. The van der Waals surface area contributed by atoms with Crippen molar-refractivity contribution >= 4 is 10.9 Å². The molecule has 3 atom stereocenters. The van der Waals surface area contributed by atoms with E-state index in [0.29, 0.717) is 6.54 Å². The van der Waals surface area contributed by atoms with E-state index in [1.165, 1.54) is 19.9 Å². The minimum absolute atomic E-state index is 0.0150. The van der Waals surface area contributed by atoms with Gasteiger partial charge in [-0.15, -0.1) is 0 Å². The third-order valence-electron chi connectivity index (χ3n) is 5.73. The average molecular weight is 476 g/mol. The van der Waals surface area contributed by atoms with Crippen molar-refractivity contribution in [2.75, 3.05) is 13.1 Å². The number of ether oxygens (including phenoxy) is 2. The molecule has 182 valence electrons. The molecule has 1 N–H and O–H groups in total. The highest BCUT2D eigenvalue weighted by molar-refractivity contribution is 5.79. The fraction of sp³-hybridized carbons (Fsp3) is 0.458. The Labute approximate surface area is 194 Å². The summed E-state index contributed by atoms with van der Waals surface area (Å²) in [7, 11) is 0. The Morgan fingerprint density at radius 1 is 1.24 bits per heavy atom. The molecular formula is C24H27F3N4O3. The molecule has 1 aliphatic rings. The molecular weight excluding hydrogens is 449 g/mol. The molecule has 4 rings (SSSR count). The van der Waals surface area contributed by atoms with Crippen LogP contribution in [-0.2, 0) is 17.5 Å². The van der Waals surface area contributed by atoms with Crippen molar-refractivity contribution in [2.24, 2.45) is 0 Å². The zero-order valence-corrected chi connectivity index (χ0v) is 19.4. The maximum Gasteiger partial charge on any atom is 0.416 e. The standard InChI is InChI=1S/C24H27F3N4O3/c1-13-10-31(11-14(2)33-13)12-17-5-6-22(28-9-17)34-15(3)18-7-19-21(8-20(18)24(25,26)27)29-16(4)30-23(19)32/h5-9,13-15H,10-12H2,1-4H3,(H,29,30,32)/t13-,14+,15?. The largest absolute Gasteiger partial charge is 0.470 e. The molecule has 0 aliphatic carbocycles. The van der Waals surface area contributed by atoms with Crippen molar-refractivity contribution in [2.45, 2.75) is 58.7 Å². The summed E-state index contributed by atoms with van der Waals surface area (Å²) in [6.07, 6.45) is -3.67. The molecule has 1 aliphatic heterocycles. The number of aromatic nitrogens is 3. The van der Waals surface area contributed by atoms with Crippen LogP contribution in [0.1, 0.15) is 49.4 Å². The highest BCUT2D eigenvalue weighted by Gasteiger charge is 2.36. The molecule has 0 spiro atoms. The molecule has 3 aromatic rings. The Kier molecular flexibility index (Phi) is 6.64. The van der Waals surface area contributed by atoms with Crippen LogP contribution in [0.15, 0.2) is 35.3 Å². The lowest BCUT2D eigenvalue weighted by molar-refractivity contribution is -0.138. The van der Waals surface area contributed by atoms with Crippen molar-refractivity contribution < 1.29 is 22.6 Å². The minimum atomic E-state index is -4.64. The van der Waals surface area contributed by atoms with Gasteiger partial charge >= 0.3 is 6.18 Å². The van der Waals surface area contributed by atoms with E-state index in [1.54, 1.807) is 12.3 Å². The van der Waals surface area contributed by atoms with E-state index in [-0.39, 0.29) is 40.4 Å². The van der Waals surface area contributed by atoms with Crippen LogP contribution in [0.4, 0.5) is 13.2 Å². The van der Waals surface area contributed by atoms with Crippen LogP contribution in [0.2, 0.25) is 0 Å². The van der Waals surface area contributed by atoms with Crippen molar-refractivity contribution in [1.82, 2.24) is 19.9 Å². The van der Waals surface area contributed by atoms with Gasteiger partial charge in [0.15, 0.2) is 0 Å². The molecule has 10 heteroatoms. The number of nitrogens with zero attached hydrogens (tertiary/aromatic N) is 3. The number of H-pyrrole nitrogens is 1. The SMILES string of the molecule is Cc1nc2cc(C(F)(F)F)c(C(C)Oc3ccc(CN4C[C@@H](C)O[C@@H](C)C4)cn3)cc2c(=O)[nH]1. The lowest BCUT2D eigenvalue weighted by Gasteiger charge is -2.35. The van der Waals surface area contributed by atoms with Crippen LogP contribution in [0.5, 0.6) is 5.88 Å². The van der Waals surface area contributed by atoms with Crippen LogP contribution in [0, 0.1) is 6.92 Å². The van der Waals surface area contributed by atoms with Crippen molar-refractivity contribution in [3.63, 3.8) is 0 Å². The zero-order valence-electron chi connectivity index (χ0n) is 19.4. The monoisotopic (exact) mass is 476 g/mol. The second-order valence-electron chi connectivity index (χ2n) is 8.82. The first-order valence-electron chi connectivity index (χ1n) is 11.1. The third kappa shape index (κ3) is 5.39. The average Bonchev–Trinajstić information content (AvgIpc) is 2.73. The Balaban J connectivity index is 1.55. The van der Waals surface area contributed by atoms with Gasteiger partial charge in [-0.1, -0.05) is 6.07 Å². The number of fused-ring (bicyclic) bond motifs is 1. The highest BCUT2D eigenvalue weighted by Crippen LogP contribution is 2.37. The zero-order chi connectivity index (χ0) is 24.6. The molecule has 1 saturated heterocycles. The summed E-state index contributed by atoms with van der Waals surface area (Å²) in [4.78, 5) is 25.4. The third-order valence-corrected chi connectivity index (χ3v) is 5.73. The number of benzene rings is 1. The Hall–Kier alpha value is -2.98. The maximum absolute atomic E-state index is 13.8. The molecule has 0 amide bonds. The Bertz CT molecular complexity index is 1220. The normalized spacial score (nSPS) is 20.4. The van der Waals surface area contributed by atoms with E-state index < -0.39 is 23.4 Å². The number of aromatic amines is 1. The van der Waals surface area contributed by atoms with E-state index in [4.69, 9.17) is 9.47 Å². The molecule has 0 radical (unpaired) electrons. The molecule has 0 saturated carbocycles. The fourth-order valence-electron chi connectivity index (χ4n) is 4.39. The lowest BCUT2D eigenvalue weighted by Crippen LogP contribution is -2.44. The van der Waals surface area contributed by atoms with Crippen LogP contribution >= 0.6 is 0 Å². The highest BCUT2D eigenvalue weighted by atomic mass is 19.4. The number of morpholine rings is 1. The second kappa shape index (κ2) is 9.34. The van der Waals surface area contributed by atoms with Crippen molar-refractivity contribution in [1.29, 1.82) is 0 Å². The number of nitrogens with one attached hydrogen (secondary N) is 1. The quantitative estimate of drug-likeness (QED) is 0.588. The van der Waals surface area contributed by atoms with E-state index in [2.05, 4.69) is 19.9 Å². The second-order valence-corrected chi connectivity index (χ2v) is 8.82. The summed E-state index contributed by atoms with van der Waals surface area (Å²) in [6.45, 7) is 9.41. The number of halogens is 3. The van der Waals surface area contributed by atoms with Gasteiger partial charge in [0.25, 0.3) is 5.56 Å². The summed E-state index contributed by atoms with van der Waals surface area (Å²) in [5, 5.41) is 0.0707. The van der Waals surface area contributed by atoms with E-state index in [1.807, 2.05) is 19.9 Å². The Morgan fingerprint density at radius 2 is 1.94 bits per heavy atom. The van der Waals surface area contributed by atoms with Crippen LogP contribution in [0.25, 0.3) is 10.9 Å². The van der Waals surface area contributed by atoms with E-state index in [0.717, 1.165) is 24.7 Å². The van der Waals surface area contributed by atoms with Crippen LogP contribution < -0.4 is 10.3 Å². The van der Waals surface area contributed by atoms with Crippen molar-refractivity contribution in [3.05, 3.63) is 63.3 Å². The van der Waals surface area contributed by atoms with Gasteiger partial charge in [-0.3, -0.25) is 9.69 Å². The molecule has 34 heavy (non-hydrogen) atoms. The summed E-state index contributed by atoms with van der Waals surface area (Å²) in [5.41, 5.74) is -0.593. The number of rotatable bonds is 5. The summed E-state index contributed by atoms with van der Waals surface area (Å²) in [5.74, 6) is 0.442. The number of alkyl halides is 3. The van der Waals surface area contributed by atoms with Gasteiger partial charge in [0, 0.05) is 37.5 Å². The number of pyridine rings is 1. The first kappa shape index (κ1) is 24.2.